The molecule has 0 aliphatic heterocycles. The number of rotatable bonds is 6. The van der Waals surface area contributed by atoms with E-state index in [-0.39, 0.29) is 6.67 Å². The van der Waals surface area contributed by atoms with Gasteiger partial charge in [-0.25, -0.2) is 0 Å². The van der Waals surface area contributed by atoms with Crippen molar-refractivity contribution in [3.8, 4) is 0 Å². The first kappa shape index (κ1) is 18.8. The van der Waals surface area contributed by atoms with Crippen LogP contribution in [-0.2, 0) is 0 Å². The lowest BCUT2D eigenvalue weighted by Crippen LogP contribution is -2.37. The summed E-state index contributed by atoms with van der Waals surface area (Å²) in [5.74, 6) is 0. The summed E-state index contributed by atoms with van der Waals surface area (Å²) >= 11 is 0. The summed E-state index contributed by atoms with van der Waals surface area (Å²) in [5, 5.41) is 4.16. The number of benzene rings is 3. The van der Waals surface area contributed by atoms with Crippen LogP contribution >= 0.6 is 7.26 Å². The van der Waals surface area contributed by atoms with Gasteiger partial charge in [0.15, 0.2) is 0 Å². The van der Waals surface area contributed by atoms with Crippen molar-refractivity contribution >= 4 is 23.2 Å². The van der Waals surface area contributed by atoms with Crippen LogP contribution in [0.25, 0.3) is 0 Å². The Morgan fingerprint density at radius 3 is 1.27 bits per heavy atom. The molecule has 0 fully saturated rings. The largest absolute Gasteiger partial charge is 0.251 e. The van der Waals surface area contributed by atoms with E-state index in [1.165, 1.54) is 32.6 Å². The van der Waals surface area contributed by atoms with Crippen LogP contribution < -0.4 is 15.9 Å². The van der Waals surface area contributed by atoms with Gasteiger partial charge in [0.05, 0.1) is 12.8 Å². The Kier molecular flexibility index (Phi) is 5.89. The standard InChI is InChI=1S/C24H27FP/c1-19-11-4-7-14-22(19)26(18-10-17-25,23-15-8-5-12-20(23)2)24-16-9-6-13-21(24)3/h4-9,11-16H,10,17-18H2,1-3H3/q+1/i25-1. The van der Waals surface area contributed by atoms with E-state index in [2.05, 4.69) is 93.6 Å². The first-order valence-corrected chi connectivity index (χ1v) is 11.2. The Hall–Kier alpha value is -1.98. The van der Waals surface area contributed by atoms with Gasteiger partial charge < -0.3 is 0 Å². The average molecular weight is 364 g/mol. The summed E-state index contributed by atoms with van der Waals surface area (Å²) in [6.45, 7) is 6.30. The molecule has 0 aromatic heterocycles. The maximum atomic E-state index is 13.4. The molecule has 3 rings (SSSR count). The summed E-state index contributed by atoms with van der Waals surface area (Å²) in [6.07, 6.45) is 1.45. The van der Waals surface area contributed by atoms with Crippen molar-refractivity contribution in [2.75, 3.05) is 12.8 Å². The smallest absolute Gasteiger partial charge is 0.113 e. The summed E-state index contributed by atoms with van der Waals surface area (Å²) in [4.78, 5) is 0. The molecular weight excluding hydrogens is 337 g/mol. The Labute approximate surface area is 157 Å². The third-order valence-corrected chi connectivity index (χ3v) is 10.2. The minimum atomic E-state index is -1.92. The summed E-state index contributed by atoms with van der Waals surface area (Å²) < 4.78 is 13.4. The number of hydrogen-bond donors (Lipinski definition) is 0. The van der Waals surface area contributed by atoms with Gasteiger partial charge in [0.2, 0.25) is 0 Å². The van der Waals surface area contributed by atoms with Gasteiger partial charge in [-0.05, 0) is 55.7 Å². The lowest BCUT2D eigenvalue weighted by molar-refractivity contribution is 0.489. The molecule has 0 heterocycles. The van der Waals surface area contributed by atoms with E-state index in [9.17, 15) is 4.39 Å². The molecule has 26 heavy (non-hydrogen) atoms. The van der Waals surface area contributed by atoms with Crippen LogP contribution in [0.4, 0.5) is 4.39 Å². The topological polar surface area (TPSA) is 0 Å². The maximum Gasteiger partial charge on any atom is 0.113 e. The van der Waals surface area contributed by atoms with Crippen molar-refractivity contribution in [3.63, 3.8) is 0 Å². The molecule has 0 atom stereocenters. The minimum Gasteiger partial charge on any atom is -0.251 e. The molecule has 0 spiro atoms. The van der Waals surface area contributed by atoms with Gasteiger partial charge in [0.1, 0.15) is 23.2 Å². The first-order chi connectivity index (χ1) is 12.6. The van der Waals surface area contributed by atoms with E-state index in [0.29, 0.717) is 6.42 Å². The second kappa shape index (κ2) is 8.14. The van der Waals surface area contributed by atoms with E-state index in [1.807, 2.05) is 0 Å². The molecule has 0 saturated carbocycles. The van der Waals surface area contributed by atoms with Crippen molar-refractivity contribution in [1.29, 1.82) is 0 Å². The number of aryl methyl sites for hydroxylation is 3. The van der Waals surface area contributed by atoms with E-state index in [4.69, 9.17) is 0 Å². The van der Waals surface area contributed by atoms with Crippen molar-refractivity contribution in [2.24, 2.45) is 0 Å². The third-order valence-electron chi connectivity index (χ3n) is 5.21. The van der Waals surface area contributed by atoms with E-state index in [0.717, 1.165) is 6.16 Å². The second-order valence-corrected chi connectivity index (χ2v) is 10.4. The van der Waals surface area contributed by atoms with Gasteiger partial charge in [0.25, 0.3) is 0 Å². The highest BCUT2D eigenvalue weighted by molar-refractivity contribution is 7.96. The van der Waals surface area contributed by atoms with Crippen LogP contribution in [-0.4, -0.2) is 12.8 Å². The van der Waals surface area contributed by atoms with Crippen LogP contribution in [0.1, 0.15) is 23.1 Å². The lowest BCUT2D eigenvalue weighted by Gasteiger charge is -2.31. The lowest BCUT2D eigenvalue weighted by atomic mass is 10.2. The molecule has 134 valence electrons. The fraction of sp³-hybridized carbons (Fsp3) is 0.250. The maximum absolute atomic E-state index is 13.4. The number of halogens is 1. The normalized spacial score (nSPS) is 11.5. The van der Waals surface area contributed by atoms with Gasteiger partial charge in [0, 0.05) is 6.42 Å². The number of alkyl halides is 1. The van der Waals surface area contributed by atoms with Crippen molar-refractivity contribution in [2.45, 2.75) is 27.2 Å². The zero-order chi connectivity index (χ0) is 18.6. The molecule has 0 N–H and O–H groups in total. The fourth-order valence-corrected chi connectivity index (χ4v) is 9.17. The monoisotopic (exact) mass is 364 g/mol. The Morgan fingerprint density at radius 1 is 0.615 bits per heavy atom. The summed E-state index contributed by atoms with van der Waals surface area (Å²) in [5.41, 5.74) is 3.89. The average Bonchev–Trinajstić information content (AvgIpc) is 2.65. The van der Waals surface area contributed by atoms with Crippen LogP contribution in [0.2, 0.25) is 0 Å². The first-order valence-electron chi connectivity index (χ1n) is 9.24. The minimum absolute atomic E-state index is 0.272. The molecule has 0 bridgehead atoms. The van der Waals surface area contributed by atoms with Crippen LogP contribution in [0.3, 0.4) is 0 Å². The molecule has 0 aliphatic carbocycles. The molecular formula is C24H27FP+. The summed E-state index contributed by atoms with van der Waals surface area (Å²) in [6, 6.07) is 26.0. The quantitative estimate of drug-likeness (QED) is 0.523. The molecule has 0 aliphatic rings. The van der Waals surface area contributed by atoms with Crippen molar-refractivity contribution in [3.05, 3.63) is 89.5 Å². The molecule has 0 radical (unpaired) electrons. The highest BCUT2D eigenvalue weighted by Crippen LogP contribution is 2.57. The van der Waals surface area contributed by atoms with Gasteiger partial charge in [-0.3, -0.25) is 4.39 Å². The van der Waals surface area contributed by atoms with Crippen molar-refractivity contribution < 1.29 is 4.39 Å². The highest BCUT2D eigenvalue weighted by atomic mass is 31.2. The Morgan fingerprint density at radius 2 is 0.962 bits per heavy atom. The fourth-order valence-electron chi connectivity index (χ4n) is 4.02. The van der Waals surface area contributed by atoms with Crippen molar-refractivity contribution in [1.82, 2.24) is 0 Å². The van der Waals surface area contributed by atoms with E-state index in [1.54, 1.807) is 0 Å². The molecule has 0 saturated heterocycles. The zero-order valence-electron chi connectivity index (χ0n) is 15.9. The van der Waals surface area contributed by atoms with Gasteiger partial charge in [-0.1, -0.05) is 54.6 Å². The molecule has 0 nitrogen and oxygen atoms in total. The molecule has 3 aromatic carbocycles. The van der Waals surface area contributed by atoms with E-state index < -0.39 is 7.26 Å². The van der Waals surface area contributed by atoms with Crippen LogP contribution in [0.15, 0.2) is 72.8 Å². The summed E-state index contributed by atoms with van der Waals surface area (Å²) in [7, 11) is -1.92. The highest BCUT2D eigenvalue weighted by Gasteiger charge is 2.47. The predicted molar refractivity (Wildman–Crippen MR) is 115 cm³/mol. The second-order valence-electron chi connectivity index (χ2n) is 6.94. The van der Waals surface area contributed by atoms with Crippen LogP contribution in [0, 0.1) is 20.8 Å². The van der Waals surface area contributed by atoms with Gasteiger partial charge in [-0.2, -0.15) is 0 Å². The SMILES string of the molecule is Cc1ccccc1[P+](CCC[18F])(c1ccccc1C)c1ccccc1C. The number of hydrogen-bond acceptors (Lipinski definition) is 0. The molecule has 0 amide bonds. The zero-order valence-corrected chi connectivity index (χ0v) is 16.8. The Bertz CT molecular complexity index is 774. The molecule has 3 aromatic rings. The molecule has 0 unspecified atom stereocenters. The Balaban J connectivity index is 2.41. The molecule has 2 heteroatoms. The van der Waals surface area contributed by atoms with Gasteiger partial charge >= 0.3 is 0 Å². The predicted octanol–water partition coefficient (Wildman–Crippen LogP) is 5.27. The third kappa shape index (κ3) is 3.33. The van der Waals surface area contributed by atoms with Crippen LogP contribution in [0.5, 0.6) is 0 Å². The van der Waals surface area contributed by atoms with E-state index >= 15 is 0 Å². The van der Waals surface area contributed by atoms with Gasteiger partial charge in [-0.15, -0.1) is 0 Å².